The molecule has 19 heavy (non-hydrogen) atoms. The molecule has 0 atom stereocenters. The molecule has 4 nitrogen and oxygen atoms in total. The van der Waals surface area contributed by atoms with Crippen LogP contribution >= 0.6 is 0 Å². The van der Waals surface area contributed by atoms with Crippen molar-refractivity contribution in [3.63, 3.8) is 0 Å². The molecular formula is C14H15FN4. The van der Waals surface area contributed by atoms with Gasteiger partial charge in [-0.25, -0.2) is 15.2 Å². The third-order valence-electron chi connectivity index (χ3n) is 2.48. The predicted molar refractivity (Wildman–Crippen MR) is 74.9 cm³/mol. The van der Waals surface area contributed by atoms with E-state index in [1.807, 2.05) is 36.4 Å². The van der Waals surface area contributed by atoms with E-state index in [1.165, 1.54) is 12.1 Å². The smallest absolute Gasteiger partial charge is 0.210 e. The van der Waals surface area contributed by atoms with Gasteiger partial charge in [-0.15, -0.1) is 0 Å². The molecular weight excluding hydrogens is 243 g/mol. The van der Waals surface area contributed by atoms with E-state index in [0.29, 0.717) is 12.5 Å². The summed E-state index contributed by atoms with van der Waals surface area (Å²) in [5.41, 5.74) is 4.13. The van der Waals surface area contributed by atoms with Gasteiger partial charge in [-0.2, -0.15) is 0 Å². The van der Waals surface area contributed by atoms with Crippen molar-refractivity contribution < 1.29 is 4.39 Å². The Hall–Kier alpha value is -2.40. The molecule has 98 valence electrons. The van der Waals surface area contributed by atoms with Gasteiger partial charge < -0.3 is 5.32 Å². The number of hydrogen-bond donors (Lipinski definition) is 3. The van der Waals surface area contributed by atoms with Gasteiger partial charge in [-0.1, -0.05) is 30.3 Å². The quantitative estimate of drug-likeness (QED) is 0.342. The monoisotopic (exact) mass is 258 g/mol. The first-order valence-electron chi connectivity index (χ1n) is 5.85. The molecule has 0 unspecified atom stereocenters. The van der Waals surface area contributed by atoms with Crippen molar-refractivity contribution in [1.29, 1.82) is 0 Å². The fraction of sp³-hybridized carbons (Fsp3) is 0.0714. The molecule has 0 aliphatic carbocycles. The maximum atomic E-state index is 13.0. The van der Waals surface area contributed by atoms with Gasteiger partial charge in [-0.3, -0.25) is 5.43 Å². The summed E-state index contributed by atoms with van der Waals surface area (Å²) in [6.07, 6.45) is 0. The Bertz CT molecular complexity index is 554. The summed E-state index contributed by atoms with van der Waals surface area (Å²) in [4.78, 5) is 4.25. The summed E-state index contributed by atoms with van der Waals surface area (Å²) in [5.74, 6) is 5.55. The topological polar surface area (TPSA) is 62.4 Å². The summed E-state index contributed by atoms with van der Waals surface area (Å²) < 4.78 is 13.0. The number of anilines is 1. The zero-order valence-corrected chi connectivity index (χ0v) is 10.3. The summed E-state index contributed by atoms with van der Waals surface area (Å²) in [6, 6.07) is 15.8. The van der Waals surface area contributed by atoms with Crippen LogP contribution in [-0.2, 0) is 6.54 Å². The molecule has 5 heteroatoms. The molecule has 4 N–H and O–H groups in total. The second-order valence-electron chi connectivity index (χ2n) is 3.93. The Kier molecular flexibility index (Phi) is 4.47. The predicted octanol–water partition coefficient (Wildman–Crippen LogP) is 2.26. The van der Waals surface area contributed by atoms with E-state index >= 15 is 0 Å². The van der Waals surface area contributed by atoms with Crippen LogP contribution in [0.15, 0.2) is 59.6 Å². The maximum absolute atomic E-state index is 13.0. The van der Waals surface area contributed by atoms with Crippen LogP contribution in [0.2, 0.25) is 0 Å². The first-order chi connectivity index (χ1) is 9.28. The zero-order chi connectivity index (χ0) is 13.5. The third kappa shape index (κ3) is 4.08. The second-order valence-corrected chi connectivity index (χ2v) is 3.93. The first-order valence-corrected chi connectivity index (χ1v) is 5.85. The fourth-order valence-electron chi connectivity index (χ4n) is 1.59. The Morgan fingerprint density at radius 1 is 1.11 bits per heavy atom. The van der Waals surface area contributed by atoms with E-state index in [1.54, 1.807) is 6.07 Å². The Morgan fingerprint density at radius 3 is 2.58 bits per heavy atom. The van der Waals surface area contributed by atoms with Crippen molar-refractivity contribution in [3.8, 4) is 0 Å². The number of hydrogen-bond acceptors (Lipinski definition) is 2. The van der Waals surface area contributed by atoms with E-state index in [-0.39, 0.29) is 5.82 Å². The van der Waals surface area contributed by atoms with Gasteiger partial charge in [0.25, 0.3) is 0 Å². The van der Waals surface area contributed by atoms with Crippen molar-refractivity contribution >= 4 is 11.6 Å². The van der Waals surface area contributed by atoms with Crippen LogP contribution in [0.5, 0.6) is 0 Å². The summed E-state index contributed by atoms with van der Waals surface area (Å²) in [6.45, 7) is 0.344. The minimum absolute atomic E-state index is 0.272. The minimum atomic E-state index is -0.272. The Labute approximate surface area is 111 Å². The number of guanidine groups is 1. The number of hydrazine groups is 1. The van der Waals surface area contributed by atoms with E-state index < -0.39 is 0 Å². The molecule has 0 spiro atoms. The van der Waals surface area contributed by atoms with E-state index in [0.717, 1.165) is 11.3 Å². The van der Waals surface area contributed by atoms with Gasteiger partial charge in [0.1, 0.15) is 5.82 Å². The van der Waals surface area contributed by atoms with Crippen LogP contribution in [0.4, 0.5) is 10.1 Å². The summed E-state index contributed by atoms with van der Waals surface area (Å²) in [7, 11) is 0. The molecule has 0 saturated carbocycles. The molecule has 0 radical (unpaired) electrons. The molecule has 2 aromatic rings. The average Bonchev–Trinajstić information content (AvgIpc) is 2.44. The van der Waals surface area contributed by atoms with Gasteiger partial charge >= 0.3 is 0 Å². The zero-order valence-electron chi connectivity index (χ0n) is 10.3. The van der Waals surface area contributed by atoms with Crippen LogP contribution in [0.3, 0.4) is 0 Å². The lowest BCUT2D eigenvalue weighted by molar-refractivity contribution is 0.625. The number of para-hydroxylation sites is 1. The van der Waals surface area contributed by atoms with Crippen molar-refractivity contribution in [1.82, 2.24) is 5.43 Å². The second kappa shape index (κ2) is 6.51. The summed E-state index contributed by atoms with van der Waals surface area (Å²) >= 11 is 0. The van der Waals surface area contributed by atoms with E-state index in [9.17, 15) is 4.39 Å². The molecule has 0 heterocycles. The van der Waals surface area contributed by atoms with Gasteiger partial charge in [0.15, 0.2) is 0 Å². The SMILES string of the molecule is NNC(=NCc1cccc(F)c1)Nc1ccccc1. The lowest BCUT2D eigenvalue weighted by Gasteiger charge is -2.08. The number of rotatable bonds is 3. The molecule has 2 aromatic carbocycles. The summed E-state index contributed by atoms with van der Waals surface area (Å²) in [5, 5.41) is 3.03. The van der Waals surface area contributed by atoms with Crippen molar-refractivity contribution in [3.05, 3.63) is 66.0 Å². The fourth-order valence-corrected chi connectivity index (χ4v) is 1.59. The van der Waals surface area contributed by atoms with Gasteiger partial charge in [0, 0.05) is 5.69 Å². The van der Waals surface area contributed by atoms with Gasteiger partial charge in [0.2, 0.25) is 5.96 Å². The number of nitrogens with two attached hydrogens (primary N) is 1. The van der Waals surface area contributed by atoms with Crippen molar-refractivity contribution in [2.75, 3.05) is 5.32 Å². The number of aliphatic imine (C=N–C) groups is 1. The Balaban J connectivity index is 2.03. The van der Waals surface area contributed by atoms with Crippen molar-refractivity contribution in [2.24, 2.45) is 10.8 Å². The van der Waals surface area contributed by atoms with Crippen LogP contribution in [0, 0.1) is 5.82 Å². The third-order valence-corrected chi connectivity index (χ3v) is 2.48. The standard InChI is InChI=1S/C14H15FN4/c15-12-6-4-5-11(9-12)10-17-14(19-16)18-13-7-2-1-3-8-13/h1-9H,10,16H2,(H2,17,18,19). The van der Waals surface area contributed by atoms with Crippen LogP contribution in [-0.4, -0.2) is 5.96 Å². The van der Waals surface area contributed by atoms with Gasteiger partial charge in [0.05, 0.1) is 6.54 Å². The lowest BCUT2D eigenvalue weighted by atomic mass is 10.2. The number of halogens is 1. The van der Waals surface area contributed by atoms with E-state index in [2.05, 4.69) is 15.7 Å². The van der Waals surface area contributed by atoms with Crippen molar-refractivity contribution in [2.45, 2.75) is 6.54 Å². The number of nitrogens with zero attached hydrogens (tertiary/aromatic N) is 1. The largest absolute Gasteiger partial charge is 0.325 e. The molecule has 2 rings (SSSR count). The molecule has 0 saturated heterocycles. The lowest BCUT2D eigenvalue weighted by Crippen LogP contribution is -2.36. The molecule has 0 bridgehead atoms. The average molecular weight is 258 g/mol. The Morgan fingerprint density at radius 2 is 1.89 bits per heavy atom. The molecule has 0 aromatic heterocycles. The molecule has 0 fully saturated rings. The first kappa shape index (κ1) is 13.0. The number of benzene rings is 2. The molecule has 0 amide bonds. The maximum Gasteiger partial charge on any atom is 0.210 e. The highest BCUT2D eigenvalue weighted by atomic mass is 19.1. The van der Waals surface area contributed by atoms with Gasteiger partial charge in [-0.05, 0) is 29.8 Å². The van der Waals surface area contributed by atoms with Crippen LogP contribution in [0.25, 0.3) is 0 Å². The highest BCUT2D eigenvalue weighted by Gasteiger charge is 1.98. The molecule has 0 aliphatic rings. The van der Waals surface area contributed by atoms with Crippen LogP contribution < -0.4 is 16.6 Å². The number of nitrogens with one attached hydrogen (secondary N) is 2. The van der Waals surface area contributed by atoms with Crippen LogP contribution in [0.1, 0.15) is 5.56 Å². The van der Waals surface area contributed by atoms with E-state index in [4.69, 9.17) is 5.84 Å². The normalized spacial score (nSPS) is 11.2. The molecule has 0 aliphatic heterocycles. The highest BCUT2D eigenvalue weighted by molar-refractivity contribution is 5.93. The minimum Gasteiger partial charge on any atom is -0.325 e. The highest BCUT2D eigenvalue weighted by Crippen LogP contribution is 2.07.